The summed E-state index contributed by atoms with van der Waals surface area (Å²) in [6.07, 6.45) is 3.76. The first-order valence-corrected chi connectivity index (χ1v) is 6.76. The minimum Gasteiger partial charge on any atom is -0.488 e. The first-order chi connectivity index (χ1) is 8.29. The Balaban J connectivity index is 2.04. The molecule has 0 saturated heterocycles. The molecule has 0 unspecified atom stereocenters. The standard InChI is InChI=1S/C13H12ClNOS/c1-17-12-5-3-2-4-11(12)16-9-10-6-7-13(14)15-8-10/h2-8H,9H2,1H3. The lowest BCUT2D eigenvalue weighted by molar-refractivity contribution is 0.298. The fraction of sp³-hybridized carbons (Fsp3) is 0.154. The molecule has 1 aromatic carbocycles. The van der Waals surface area contributed by atoms with Crippen LogP contribution in [0.1, 0.15) is 5.56 Å². The maximum atomic E-state index is 5.75. The number of para-hydroxylation sites is 1. The van der Waals surface area contributed by atoms with Crippen molar-refractivity contribution in [3.63, 3.8) is 0 Å². The molecule has 0 aliphatic carbocycles. The highest BCUT2D eigenvalue weighted by atomic mass is 35.5. The second-order valence-electron chi connectivity index (χ2n) is 3.43. The number of ether oxygens (including phenoxy) is 1. The van der Waals surface area contributed by atoms with E-state index in [1.807, 2.05) is 36.6 Å². The number of rotatable bonds is 4. The molecular weight excluding hydrogens is 254 g/mol. The van der Waals surface area contributed by atoms with Crippen LogP contribution in [0.15, 0.2) is 47.5 Å². The number of hydrogen-bond donors (Lipinski definition) is 0. The van der Waals surface area contributed by atoms with E-state index < -0.39 is 0 Å². The van der Waals surface area contributed by atoms with Crippen LogP contribution in [0.3, 0.4) is 0 Å². The molecule has 0 bridgehead atoms. The van der Waals surface area contributed by atoms with Gasteiger partial charge in [0.25, 0.3) is 0 Å². The molecule has 0 atom stereocenters. The van der Waals surface area contributed by atoms with Crippen molar-refractivity contribution in [1.82, 2.24) is 4.98 Å². The minimum atomic E-state index is 0.498. The molecular formula is C13H12ClNOS. The van der Waals surface area contributed by atoms with E-state index in [4.69, 9.17) is 16.3 Å². The van der Waals surface area contributed by atoms with Crippen LogP contribution < -0.4 is 4.74 Å². The number of pyridine rings is 1. The van der Waals surface area contributed by atoms with Gasteiger partial charge in [-0.1, -0.05) is 29.8 Å². The van der Waals surface area contributed by atoms with Gasteiger partial charge in [-0.25, -0.2) is 4.98 Å². The summed E-state index contributed by atoms with van der Waals surface area (Å²) in [5, 5.41) is 0.498. The Morgan fingerprint density at radius 3 is 2.76 bits per heavy atom. The van der Waals surface area contributed by atoms with Gasteiger partial charge < -0.3 is 4.74 Å². The van der Waals surface area contributed by atoms with Crippen LogP contribution in [0.4, 0.5) is 0 Å². The van der Waals surface area contributed by atoms with Crippen molar-refractivity contribution in [2.75, 3.05) is 6.26 Å². The van der Waals surface area contributed by atoms with E-state index in [1.54, 1.807) is 24.0 Å². The largest absolute Gasteiger partial charge is 0.488 e. The summed E-state index contributed by atoms with van der Waals surface area (Å²) in [7, 11) is 0. The Morgan fingerprint density at radius 1 is 1.24 bits per heavy atom. The summed E-state index contributed by atoms with van der Waals surface area (Å²) < 4.78 is 5.75. The summed E-state index contributed by atoms with van der Waals surface area (Å²) in [6.45, 7) is 0.502. The van der Waals surface area contributed by atoms with Gasteiger partial charge in [0.1, 0.15) is 17.5 Å². The van der Waals surface area contributed by atoms with Crippen LogP contribution in [0.2, 0.25) is 5.15 Å². The fourth-order valence-electron chi connectivity index (χ4n) is 1.39. The van der Waals surface area contributed by atoms with Gasteiger partial charge in [-0.05, 0) is 24.5 Å². The van der Waals surface area contributed by atoms with E-state index in [9.17, 15) is 0 Å². The van der Waals surface area contributed by atoms with E-state index in [-0.39, 0.29) is 0 Å². The van der Waals surface area contributed by atoms with E-state index in [2.05, 4.69) is 4.98 Å². The molecule has 2 rings (SSSR count). The number of halogens is 1. The zero-order chi connectivity index (χ0) is 12.1. The van der Waals surface area contributed by atoms with Gasteiger partial charge in [0.05, 0.1) is 0 Å². The third-order valence-corrected chi connectivity index (χ3v) is 3.25. The third kappa shape index (κ3) is 3.38. The van der Waals surface area contributed by atoms with E-state index >= 15 is 0 Å². The topological polar surface area (TPSA) is 22.1 Å². The average molecular weight is 266 g/mol. The Hall–Kier alpha value is -1.19. The van der Waals surface area contributed by atoms with Gasteiger partial charge >= 0.3 is 0 Å². The van der Waals surface area contributed by atoms with Crippen molar-refractivity contribution in [2.45, 2.75) is 11.5 Å². The molecule has 1 heterocycles. The normalized spacial score (nSPS) is 10.2. The summed E-state index contributed by atoms with van der Waals surface area (Å²) in [5.41, 5.74) is 1.00. The van der Waals surface area contributed by atoms with Crippen molar-refractivity contribution in [2.24, 2.45) is 0 Å². The SMILES string of the molecule is CSc1ccccc1OCc1ccc(Cl)nc1. The highest BCUT2D eigenvalue weighted by Gasteiger charge is 2.02. The van der Waals surface area contributed by atoms with Gasteiger partial charge in [0.15, 0.2) is 0 Å². The number of aromatic nitrogens is 1. The monoisotopic (exact) mass is 265 g/mol. The molecule has 2 nitrogen and oxygen atoms in total. The fourth-order valence-corrected chi connectivity index (χ4v) is 2.05. The molecule has 0 amide bonds. The van der Waals surface area contributed by atoms with Crippen molar-refractivity contribution >= 4 is 23.4 Å². The van der Waals surface area contributed by atoms with Gasteiger partial charge in [0.2, 0.25) is 0 Å². The van der Waals surface area contributed by atoms with Gasteiger partial charge in [0, 0.05) is 16.7 Å². The van der Waals surface area contributed by atoms with Crippen LogP contribution in [-0.2, 0) is 6.61 Å². The Bertz CT molecular complexity index is 487. The van der Waals surface area contributed by atoms with E-state index in [0.29, 0.717) is 11.8 Å². The van der Waals surface area contributed by atoms with Gasteiger partial charge in [-0.15, -0.1) is 11.8 Å². The predicted molar refractivity (Wildman–Crippen MR) is 71.8 cm³/mol. The van der Waals surface area contributed by atoms with Crippen molar-refractivity contribution in [3.05, 3.63) is 53.3 Å². The number of thioether (sulfide) groups is 1. The van der Waals surface area contributed by atoms with Crippen molar-refractivity contribution in [3.8, 4) is 5.75 Å². The zero-order valence-corrected chi connectivity index (χ0v) is 11.0. The lowest BCUT2D eigenvalue weighted by Gasteiger charge is -2.09. The molecule has 4 heteroatoms. The minimum absolute atomic E-state index is 0.498. The molecule has 0 N–H and O–H groups in total. The van der Waals surface area contributed by atoms with Crippen LogP contribution in [-0.4, -0.2) is 11.2 Å². The molecule has 0 saturated carbocycles. The molecule has 0 spiro atoms. The van der Waals surface area contributed by atoms with Crippen molar-refractivity contribution in [1.29, 1.82) is 0 Å². The van der Waals surface area contributed by atoms with Crippen LogP contribution in [0, 0.1) is 0 Å². The summed E-state index contributed by atoms with van der Waals surface area (Å²) >= 11 is 7.39. The van der Waals surface area contributed by atoms with Gasteiger partial charge in [-0.3, -0.25) is 0 Å². The quantitative estimate of drug-likeness (QED) is 0.615. The summed E-state index contributed by atoms with van der Waals surface area (Å²) in [6, 6.07) is 11.7. The molecule has 0 aliphatic rings. The first-order valence-electron chi connectivity index (χ1n) is 5.16. The molecule has 17 heavy (non-hydrogen) atoms. The van der Waals surface area contributed by atoms with Gasteiger partial charge in [-0.2, -0.15) is 0 Å². The lowest BCUT2D eigenvalue weighted by atomic mass is 10.3. The second-order valence-corrected chi connectivity index (χ2v) is 4.66. The molecule has 2 aromatic rings. The van der Waals surface area contributed by atoms with E-state index in [0.717, 1.165) is 16.2 Å². The average Bonchev–Trinajstić information content (AvgIpc) is 2.38. The number of nitrogens with zero attached hydrogens (tertiary/aromatic N) is 1. The Kier molecular flexibility index (Phi) is 4.29. The summed E-state index contributed by atoms with van der Waals surface area (Å²) in [5.74, 6) is 0.898. The first kappa shape index (κ1) is 12.3. The van der Waals surface area contributed by atoms with Crippen LogP contribution in [0.5, 0.6) is 5.75 Å². The molecule has 0 aliphatic heterocycles. The molecule has 0 fully saturated rings. The number of hydrogen-bond acceptors (Lipinski definition) is 3. The molecule has 0 radical (unpaired) electrons. The molecule has 1 aromatic heterocycles. The Morgan fingerprint density at radius 2 is 2.06 bits per heavy atom. The highest BCUT2D eigenvalue weighted by Crippen LogP contribution is 2.27. The Labute approximate surface area is 110 Å². The number of benzene rings is 1. The summed E-state index contributed by atoms with van der Waals surface area (Å²) in [4.78, 5) is 5.15. The van der Waals surface area contributed by atoms with Crippen LogP contribution in [0.25, 0.3) is 0 Å². The van der Waals surface area contributed by atoms with E-state index in [1.165, 1.54) is 0 Å². The zero-order valence-electron chi connectivity index (χ0n) is 9.39. The van der Waals surface area contributed by atoms with Crippen molar-refractivity contribution < 1.29 is 4.74 Å². The lowest BCUT2D eigenvalue weighted by Crippen LogP contribution is -1.96. The van der Waals surface area contributed by atoms with Crippen LogP contribution >= 0.6 is 23.4 Å². The second kappa shape index (κ2) is 5.94. The maximum Gasteiger partial charge on any atom is 0.133 e. The predicted octanol–water partition coefficient (Wildman–Crippen LogP) is 4.04. The smallest absolute Gasteiger partial charge is 0.133 e. The molecule has 88 valence electrons. The third-order valence-electron chi connectivity index (χ3n) is 2.25. The maximum absolute atomic E-state index is 5.75. The highest BCUT2D eigenvalue weighted by molar-refractivity contribution is 7.98.